The number of carbonyl (C=O) groups excluding carboxylic acids is 1. The van der Waals surface area contributed by atoms with E-state index in [-0.39, 0.29) is 23.8 Å². The first-order chi connectivity index (χ1) is 16.1. The van der Waals surface area contributed by atoms with Crippen LogP contribution < -0.4 is 0 Å². The maximum Gasteiger partial charge on any atom is 0.320 e. The van der Waals surface area contributed by atoms with Gasteiger partial charge in [-0.05, 0) is 42.4 Å². The maximum atomic E-state index is 13.4. The molecule has 2 atom stereocenters. The molecule has 0 spiro atoms. The second-order valence-corrected chi connectivity index (χ2v) is 11.5. The summed E-state index contributed by atoms with van der Waals surface area (Å²) in [7, 11) is -1.23. The molecule has 0 aliphatic carbocycles. The van der Waals surface area contributed by atoms with Gasteiger partial charge >= 0.3 is 6.03 Å². The zero-order valence-electron chi connectivity index (χ0n) is 19.4. The summed E-state index contributed by atoms with van der Waals surface area (Å²) in [6.07, 6.45) is 1.20. The Bertz CT molecular complexity index is 1110. The maximum absolute atomic E-state index is 13.4. The van der Waals surface area contributed by atoms with E-state index in [2.05, 4.69) is 4.90 Å². The van der Waals surface area contributed by atoms with Crippen LogP contribution in [0, 0.1) is 5.82 Å². The zero-order valence-corrected chi connectivity index (χ0v) is 21.0. The molecule has 2 aromatic carbocycles. The SMILES string of the molecule is CN(Cc1ccc(F)cc1)[C@@H]1CN(C(=O)N2CCN(S(C)(=O)=O)CC2)C[C@@H]1c1ccc(Cl)cc1. The number of rotatable bonds is 5. The molecule has 0 unspecified atom stereocenters. The van der Waals surface area contributed by atoms with Crippen LogP contribution in [0.15, 0.2) is 48.5 Å². The van der Waals surface area contributed by atoms with Crippen LogP contribution in [-0.2, 0) is 16.6 Å². The van der Waals surface area contributed by atoms with Gasteiger partial charge in [-0.15, -0.1) is 0 Å². The Kier molecular flexibility index (Phi) is 7.47. The second kappa shape index (κ2) is 10.2. The van der Waals surface area contributed by atoms with E-state index in [1.165, 1.54) is 22.7 Å². The van der Waals surface area contributed by atoms with Crippen molar-refractivity contribution in [1.29, 1.82) is 0 Å². The Morgan fingerprint density at radius 2 is 1.62 bits per heavy atom. The van der Waals surface area contributed by atoms with E-state index < -0.39 is 10.0 Å². The van der Waals surface area contributed by atoms with Gasteiger partial charge in [0.05, 0.1) is 6.26 Å². The van der Waals surface area contributed by atoms with Gasteiger partial charge in [0.2, 0.25) is 10.0 Å². The number of nitrogens with zero attached hydrogens (tertiary/aromatic N) is 4. The first kappa shape index (κ1) is 24.9. The molecule has 0 radical (unpaired) electrons. The van der Waals surface area contributed by atoms with Crippen LogP contribution in [0.3, 0.4) is 0 Å². The lowest BCUT2D eigenvalue weighted by atomic mass is 9.93. The third-order valence-corrected chi connectivity index (χ3v) is 8.30. The summed E-state index contributed by atoms with van der Waals surface area (Å²) < 4.78 is 38.4. The molecule has 2 heterocycles. The molecule has 0 N–H and O–H groups in total. The Balaban J connectivity index is 1.49. The quantitative estimate of drug-likeness (QED) is 0.622. The highest BCUT2D eigenvalue weighted by molar-refractivity contribution is 7.88. The number of hydrogen-bond acceptors (Lipinski definition) is 4. The Hall–Kier alpha value is -2.20. The largest absolute Gasteiger partial charge is 0.322 e. The number of halogens is 2. The smallest absolute Gasteiger partial charge is 0.320 e. The number of sulfonamides is 1. The summed E-state index contributed by atoms with van der Waals surface area (Å²) in [6, 6.07) is 14.2. The van der Waals surface area contributed by atoms with Crippen LogP contribution >= 0.6 is 11.6 Å². The lowest BCUT2D eigenvalue weighted by Crippen LogP contribution is -2.53. The molecule has 2 aromatic rings. The van der Waals surface area contributed by atoms with E-state index in [1.807, 2.05) is 36.2 Å². The number of urea groups is 1. The predicted octanol–water partition coefficient (Wildman–Crippen LogP) is 3.08. The van der Waals surface area contributed by atoms with Crippen LogP contribution in [0.4, 0.5) is 9.18 Å². The minimum atomic E-state index is -3.25. The summed E-state index contributed by atoms with van der Waals surface area (Å²) >= 11 is 6.10. The molecule has 2 aliphatic rings. The fraction of sp³-hybridized carbons (Fsp3) is 0.458. The molecule has 2 amide bonds. The lowest BCUT2D eigenvalue weighted by molar-refractivity contribution is 0.138. The number of likely N-dealkylation sites (tertiary alicyclic amines) is 1. The molecule has 2 aliphatic heterocycles. The number of amides is 2. The zero-order chi connectivity index (χ0) is 24.5. The van der Waals surface area contributed by atoms with Crippen LogP contribution in [0.2, 0.25) is 5.02 Å². The van der Waals surface area contributed by atoms with Gasteiger partial charge in [-0.2, -0.15) is 4.31 Å². The van der Waals surface area contributed by atoms with E-state index in [9.17, 15) is 17.6 Å². The van der Waals surface area contributed by atoms with Crippen molar-refractivity contribution in [1.82, 2.24) is 19.0 Å². The minimum Gasteiger partial charge on any atom is -0.322 e. The monoisotopic (exact) mass is 508 g/mol. The molecule has 2 fully saturated rings. The number of likely N-dealkylation sites (N-methyl/N-ethyl adjacent to an activating group) is 1. The average Bonchev–Trinajstić information content (AvgIpc) is 3.26. The molecular formula is C24H30ClFN4O3S. The lowest BCUT2D eigenvalue weighted by Gasteiger charge is -2.35. The molecule has 0 aromatic heterocycles. The van der Waals surface area contributed by atoms with Gasteiger partial charge in [-0.1, -0.05) is 35.9 Å². The summed E-state index contributed by atoms with van der Waals surface area (Å²) in [5, 5.41) is 0.662. The van der Waals surface area contributed by atoms with Gasteiger partial charge in [-0.3, -0.25) is 4.90 Å². The van der Waals surface area contributed by atoms with Gasteiger partial charge in [0.15, 0.2) is 0 Å². The van der Waals surface area contributed by atoms with Crippen LogP contribution in [0.5, 0.6) is 0 Å². The fourth-order valence-corrected chi connectivity index (χ4v) is 5.79. The van der Waals surface area contributed by atoms with Crippen molar-refractivity contribution in [3.63, 3.8) is 0 Å². The molecule has 0 saturated carbocycles. The summed E-state index contributed by atoms with van der Waals surface area (Å²) in [4.78, 5) is 19.2. The highest BCUT2D eigenvalue weighted by Gasteiger charge is 2.40. The van der Waals surface area contributed by atoms with Crippen molar-refractivity contribution in [3.05, 3.63) is 70.5 Å². The third kappa shape index (κ3) is 5.71. The highest BCUT2D eigenvalue weighted by atomic mass is 35.5. The summed E-state index contributed by atoms with van der Waals surface area (Å²) in [5.74, 6) is -0.178. The Morgan fingerprint density at radius 3 is 2.21 bits per heavy atom. The van der Waals surface area contributed by atoms with E-state index >= 15 is 0 Å². The summed E-state index contributed by atoms with van der Waals surface area (Å²) in [5.41, 5.74) is 2.11. The van der Waals surface area contributed by atoms with E-state index in [1.54, 1.807) is 17.0 Å². The standard InChI is InChI=1S/C24H30ClFN4O3S/c1-27(15-18-3-9-21(26)10-4-18)23-17-29(16-22(23)19-5-7-20(25)8-6-19)24(31)28-11-13-30(14-12-28)34(2,32)33/h3-10,22-23H,11-17H2,1-2H3/t22-,23-/m1/s1. The highest BCUT2D eigenvalue weighted by Crippen LogP contribution is 2.33. The molecular weight excluding hydrogens is 479 g/mol. The second-order valence-electron chi connectivity index (χ2n) is 9.10. The topological polar surface area (TPSA) is 64.2 Å². The van der Waals surface area contributed by atoms with Crippen molar-refractivity contribution < 1.29 is 17.6 Å². The normalized spacial score (nSPS) is 21.9. The van der Waals surface area contributed by atoms with Gasteiger partial charge in [-0.25, -0.2) is 17.6 Å². The van der Waals surface area contributed by atoms with Gasteiger partial charge < -0.3 is 9.80 Å². The molecule has 34 heavy (non-hydrogen) atoms. The number of benzene rings is 2. The minimum absolute atomic E-state index is 0.0625. The van der Waals surface area contributed by atoms with Crippen molar-refractivity contribution in [3.8, 4) is 0 Å². The van der Waals surface area contributed by atoms with Crippen molar-refractivity contribution in [2.24, 2.45) is 0 Å². The Morgan fingerprint density at radius 1 is 1.00 bits per heavy atom. The van der Waals surface area contributed by atoms with Crippen LogP contribution in [-0.4, -0.2) is 92.1 Å². The molecule has 7 nitrogen and oxygen atoms in total. The van der Waals surface area contributed by atoms with E-state index in [0.29, 0.717) is 50.8 Å². The molecule has 184 valence electrons. The van der Waals surface area contributed by atoms with Crippen molar-refractivity contribution in [2.75, 3.05) is 52.6 Å². The number of hydrogen-bond donors (Lipinski definition) is 0. The van der Waals surface area contributed by atoms with Crippen molar-refractivity contribution >= 4 is 27.7 Å². The first-order valence-electron chi connectivity index (χ1n) is 11.3. The summed E-state index contributed by atoms with van der Waals surface area (Å²) in [6.45, 7) is 3.12. The number of carbonyl (C=O) groups is 1. The van der Waals surface area contributed by atoms with Crippen molar-refractivity contribution in [2.45, 2.75) is 18.5 Å². The molecule has 2 saturated heterocycles. The van der Waals surface area contributed by atoms with E-state index in [0.717, 1.165) is 11.1 Å². The number of piperazine rings is 1. The molecule has 0 bridgehead atoms. The fourth-order valence-electron chi connectivity index (χ4n) is 4.83. The third-order valence-electron chi connectivity index (χ3n) is 6.75. The van der Waals surface area contributed by atoms with Gasteiger partial charge in [0, 0.05) is 62.8 Å². The molecule has 4 rings (SSSR count). The van der Waals surface area contributed by atoms with Crippen LogP contribution in [0.25, 0.3) is 0 Å². The van der Waals surface area contributed by atoms with Crippen LogP contribution in [0.1, 0.15) is 17.0 Å². The van der Waals surface area contributed by atoms with E-state index in [4.69, 9.17) is 11.6 Å². The Labute approximate surface area is 205 Å². The molecule has 10 heteroatoms. The first-order valence-corrected chi connectivity index (χ1v) is 13.5. The average molecular weight is 509 g/mol. The van der Waals surface area contributed by atoms with Gasteiger partial charge in [0.1, 0.15) is 5.82 Å². The van der Waals surface area contributed by atoms with Gasteiger partial charge in [0.25, 0.3) is 0 Å². The predicted molar refractivity (Wildman–Crippen MR) is 131 cm³/mol.